The normalized spacial score (nSPS) is 18.5. The molecule has 13 heavy (non-hydrogen) atoms. The first kappa shape index (κ1) is 10.2. The Hall–Kier alpha value is -0.900. The van der Waals surface area contributed by atoms with E-state index >= 15 is 0 Å². The average Bonchev–Trinajstić information content (AvgIpc) is 2.18. The molecule has 0 spiro atoms. The zero-order valence-corrected chi connectivity index (χ0v) is 8.17. The lowest BCUT2D eigenvalue weighted by Gasteiger charge is -2.31. The van der Waals surface area contributed by atoms with E-state index in [-0.39, 0.29) is 5.91 Å². The molecule has 0 aromatic rings. The van der Waals surface area contributed by atoms with Gasteiger partial charge in [-0.3, -0.25) is 4.79 Å². The summed E-state index contributed by atoms with van der Waals surface area (Å²) >= 11 is 0. The van der Waals surface area contributed by atoms with E-state index in [4.69, 9.17) is 0 Å². The zero-order valence-electron chi connectivity index (χ0n) is 8.17. The Morgan fingerprint density at radius 1 is 1.38 bits per heavy atom. The highest BCUT2D eigenvalue weighted by molar-refractivity contribution is 5.95. The van der Waals surface area contributed by atoms with Crippen LogP contribution < -0.4 is 5.32 Å². The summed E-state index contributed by atoms with van der Waals surface area (Å²) in [6, 6.07) is 0. The predicted octanol–water partition coefficient (Wildman–Crippen LogP) is -0.357. The Morgan fingerprint density at radius 2 is 1.92 bits per heavy atom. The Bertz CT molecular complexity index is 208. The van der Waals surface area contributed by atoms with Gasteiger partial charge in [-0.05, 0) is 13.8 Å². The maximum absolute atomic E-state index is 11.7. The Morgan fingerprint density at radius 3 is 2.38 bits per heavy atom. The summed E-state index contributed by atoms with van der Waals surface area (Å²) in [6.45, 7) is 6.36. The lowest BCUT2D eigenvalue weighted by Crippen LogP contribution is -2.51. The summed E-state index contributed by atoms with van der Waals surface area (Å²) in [6.07, 6.45) is 0.720. The molecule has 0 aliphatic carbocycles. The number of aldehydes is 1. The van der Waals surface area contributed by atoms with Gasteiger partial charge >= 0.3 is 0 Å². The van der Waals surface area contributed by atoms with Crippen molar-refractivity contribution in [1.29, 1.82) is 0 Å². The number of hydrogen-bond donors (Lipinski definition) is 1. The zero-order chi connectivity index (χ0) is 9.90. The van der Waals surface area contributed by atoms with Crippen LogP contribution in [-0.2, 0) is 9.59 Å². The SMILES string of the molecule is CC(C)(C=O)C(=O)N1CCNCC1. The van der Waals surface area contributed by atoms with Gasteiger partial charge in [0.05, 0.1) is 5.41 Å². The molecular formula is C9H16N2O2. The highest BCUT2D eigenvalue weighted by Crippen LogP contribution is 2.15. The summed E-state index contributed by atoms with van der Waals surface area (Å²) in [5.74, 6) is -0.0657. The highest BCUT2D eigenvalue weighted by Gasteiger charge is 2.31. The molecule has 1 aliphatic heterocycles. The van der Waals surface area contributed by atoms with Gasteiger partial charge in [-0.1, -0.05) is 0 Å². The van der Waals surface area contributed by atoms with Crippen molar-refractivity contribution in [2.75, 3.05) is 26.2 Å². The third kappa shape index (κ3) is 2.28. The molecule has 0 aromatic carbocycles. The second kappa shape index (κ2) is 3.87. The van der Waals surface area contributed by atoms with Crippen LogP contribution in [0.15, 0.2) is 0 Å². The van der Waals surface area contributed by atoms with Crippen LogP contribution in [-0.4, -0.2) is 43.3 Å². The van der Waals surface area contributed by atoms with Gasteiger partial charge in [0.1, 0.15) is 6.29 Å². The van der Waals surface area contributed by atoms with Crippen molar-refractivity contribution in [3.8, 4) is 0 Å². The van der Waals surface area contributed by atoms with Crippen molar-refractivity contribution in [2.45, 2.75) is 13.8 Å². The number of nitrogens with zero attached hydrogens (tertiary/aromatic N) is 1. The van der Waals surface area contributed by atoms with Crippen molar-refractivity contribution >= 4 is 12.2 Å². The van der Waals surface area contributed by atoms with E-state index in [0.29, 0.717) is 13.1 Å². The largest absolute Gasteiger partial charge is 0.339 e. The molecule has 0 radical (unpaired) electrons. The van der Waals surface area contributed by atoms with Crippen molar-refractivity contribution in [3.05, 3.63) is 0 Å². The third-order valence-electron chi connectivity index (χ3n) is 2.25. The van der Waals surface area contributed by atoms with E-state index in [2.05, 4.69) is 5.32 Å². The minimum Gasteiger partial charge on any atom is -0.339 e. The second-order valence-corrected chi connectivity index (χ2v) is 3.88. The van der Waals surface area contributed by atoms with Crippen LogP contribution in [0.4, 0.5) is 0 Å². The van der Waals surface area contributed by atoms with Gasteiger partial charge in [-0.15, -0.1) is 0 Å². The van der Waals surface area contributed by atoms with E-state index in [9.17, 15) is 9.59 Å². The van der Waals surface area contributed by atoms with Gasteiger partial charge in [0, 0.05) is 26.2 Å². The van der Waals surface area contributed by atoms with E-state index in [0.717, 1.165) is 19.4 Å². The van der Waals surface area contributed by atoms with Gasteiger partial charge in [0.25, 0.3) is 0 Å². The first-order valence-corrected chi connectivity index (χ1v) is 4.54. The lowest BCUT2D eigenvalue weighted by molar-refractivity contribution is -0.143. The Balaban J connectivity index is 2.60. The lowest BCUT2D eigenvalue weighted by atomic mass is 9.93. The number of hydrogen-bond acceptors (Lipinski definition) is 3. The number of amides is 1. The first-order valence-electron chi connectivity index (χ1n) is 4.54. The maximum Gasteiger partial charge on any atom is 0.235 e. The molecule has 0 bridgehead atoms. The molecule has 1 rings (SSSR count). The fraction of sp³-hybridized carbons (Fsp3) is 0.778. The standard InChI is InChI=1S/C9H16N2O2/c1-9(2,7-12)8(13)11-5-3-10-4-6-11/h7,10H,3-6H2,1-2H3. The summed E-state index contributed by atoms with van der Waals surface area (Å²) in [5.41, 5.74) is -0.864. The molecule has 74 valence electrons. The van der Waals surface area contributed by atoms with Crippen LogP contribution in [0.1, 0.15) is 13.8 Å². The van der Waals surface area contributed by atoms with Crippen LogP contribution in [0, 0.1) is 5.41 Å². The summed E-state index contributed by atoms with van der Waals surface area (Å²) in [7, 11) is 0. The fourth-order valence-corrected chi connectivity index (χ4v) is 1.33. The van der Waals surface area contributed by atoms with Crippen molar-refractivity contribution < 1.29 is 9.59 Å². The quantitative estimate of drug-likeness (QED) is 0.471. The van der Waals surface area contributed by atoms with E-state index < -0.39 is 5.41 Å². The molecule has 0 aromatic heterocycles. The molecule has 1 N–H and O–H groups in total. The van der Waals surface area contributed by atoms with Crippen molar-refractivity contribution in [1.82, 2.24) is 10.2 Å². The maximum atomic E-state index is 11.7. The molecule has 1 saturated heterocycles. The number of carbonyl (C=O) groups is 2. The summed E-state index contributed by atoms with van der Waals surface area (Å²) in [4.78, 5) is 24.1. The van der Waals surface area contributed by atoms with E-state index in [1.54, 1.807) is 18.7 Å². The predicted molar refractivity (Wildman–Crippen MR) is 49.3 cm³/mol. The molecule has 4 heteroatoms. The number of carbonyl (C=O) groups excluding carboxylic acids is 2. The van der Waals surface area contributed by atoms with Gasteiger partial charge < -0.3 is 15.0 Å². The minimum atomic E-state index is -0.864. The van der Waals surface area contributed by atoms with Gasteiger partial charge in [0.15, 0.2) is 0 Å². The van der Waals surface area contributed by atoms with Crippen LogP contribution in [0.5, 0.6) is 0 Å². The number of nitrogens with one attached hydrogen (secondary N) is 1. The van der Waals surface area contributed by atoms with Gasteiger partial charge in [-0.25, -0.2) is 0 Å². The monoisotopic (exact) mass is 184 g/mol. The van der Waals surface area contributed by atoms with Crippen LogP contribution >= 0.6 is 0 Å². The highest BCUT2D eigenvalue weighted by atomic mass is 16.2. The molecule has 0 atom stereocenters. The molecule has 1 heterocycles. The van der Waals surface area contributed by atoms with Crippen LogP contribution in [0.3, 0.4) is 0 Å². The average molecular weight is 184 g/mol. The Kier molecular flexibility index (Phi) is 3.03. The smallest absolute Gasteiger partial charge is 0.235 e. The van der Waals surface area contributed by atoms with Crippen molar-refractivity contribution in [3.63, 3.8) is 0 Å². The van der Waals surface area contributed by atoms with Crippen LogP contribution in [0.2, 0.25) is 0 Å². The summed E-state index contributed by atoms with van der Waals surface area (Å²) < 4.78 is 0. The summed E-state index contributed by atoms with van der Waals surface area (Å²) in [5, 5.41) is 3.16. The fourth-order valence-electron chi connectivity index (χ4n) is 1.33. The Labute approximate surface area is 78.3 Å². The topological polar surface area (TPSA) is 49.4 Å². The molecular weight excluding hydrogens is 168 g/mol. The van der Waals surface area contributed by atoms with Gasteiger partial charge in [0.2, 0.25) is 5.91 Å². The molecule has 0 unspecified atom stereocenters. The molecule has 1 aliphatic rings. The van der Waals surface area contributed by atoms with E-state index in [1.165, 1.54) is 0 Å². The number of rotatable bonds is 2. The molecule has 0 saturated carbocycles. The second-order valence-electron chi connectivity index (χ2n) is 3.88. The molecule has 1 amide bonds. The van der Waals surface area contributed by atoms with Crippen molar-refractivity contribution in [2.24, 2.45) is 5.41 Å². The molecule has 1 fully saturated rings. The van der Waals surface area contributed by atoms with Gasteiger partial charge in [-0.2, -0.15) is 0 Å². The number of piperazine rings is 1. The van der Waals surface area contributed by atoms with E-state index in [1.807, 2.05) is 0 Å². The van der Waals surface area contributed by atoms with Crippen LogP contribution in [0.25, 0.3) is 0 Å². The first-order chi connectivity index (χ1) is 6.08. The third-order valence-corrected chi connectivity index (χ3v) is 2.25. The molecule has 4 nitrogen and oxygen atoms in total. The minimum absolute atomic E-state index is 0.0657.